The zero-order valence-electron chi connectivity index (χ0n) is 21.7. The first-order chi connectivity index (χ1) is 18.1. The van der Waals surface area contributed by atoms with Crippen LogP contribution >= 0.6 is 0 Å². The van der Waals surface area contributed by atoms with Crippen molar-refractivity contribution in [2.75, 3.05) is 19.7 Å². The summed E-state index contributed by atoms with van der Waals surface area (Å²) in [6.45, 7) is 2.67. The normalized spacial score (nSPS) is 20.3. The van der Waals surface area contributed by atoms with Crippen LogP contribution in [0.2, 0.25) is 0 Å². The van der Waals surface area contributed by atoms with E-state index in [0.717, 1.165) is 37.7 Å². The largest absolute Gasteiger partial charge is 0.593 e. The summed E-state index contributed by atoms with van der Waals surface area (Å²) < 4.78 is 56.2. The first-order valence-corrected chi connectivity index (χ1v) is 14.2. The Bertz CT molecular complexity index is 1100. The fraction of sp³-hybridized carbons (Fsp3) is 0.536. The summed E-state index contributed by atoms with van der Waals surface area (Å²) >= 11 is -1.34. The zero-order chi connectivity index (χ0) is 27.3. The molecular weight excluding hydrogens is 515 g/mol. The van der Waals surface area contributed by atoms with Gasteiger partial charge in [0.1, 0.15) is 6.61 Å². The molecule has 2 aromatic carbocycles. The van der Waals surface area contributed by atoms with E-state index < -0.39 is 28.6 Å². The lowest BCUT2D eigenvalue weighted by Crippen LogP contribution is -2.53. The molecule has 2 aromatic rings. The maximum atomic E-state index is 13.8. The summed E-state index contributed by atoms with van der Waals surface area (Å²) in [5.41, 5.74) is 7.05. The molecule has 0 spiro atoms. The smallest absolute Gasteiger partial charge is 0.416 e. The van der Waals surface area contributed by atoms with Crippen molar-refractivity contribution < 1.29 is 27.7 Å². The Labute approximate surface area is 225 Å². The Kier molecular flexibility index (Phi) is 9.41. The van der Waals surface area contributed by atoms with Gasteiger partial charge in [-0.3, -0.25) is 0 Å². The molecule has 4 rings (SSSR count). The number of alkyl halides is 3. The number of rotatable bonds is 8. The molecular formula is C28H36F3N3O3S. The highest BCUT2D eigenvalue weighted by Gasteiger charge is 2.36. The van der Waals surface area contributed by atoms with Crippen LogP contribution in [0.1, 0.15) is 80.0 Å². The van der Waals surface area contributed by atoms with Crippen molar-refractivity contribution >= 4 is 17.1 Å². The predicted molar refractivity (Wildman–Crippen MR) is 142 cm³/mol. The number of oxime groups is 1. The SMILES string of the molecule is C/C(=N\OCc1ccc(C2CCCCC2)c(C(F)(F)F)c1)c1ccc([S+]([O-])N2CCC(N)(CO)CC2)cc1. The highest BCUT2D eigenvalue weighted by atomic mass is 32.2. The van der Waals surface area contributed by atoms with Crippen LogP contribution in [-0.4, -0.2) is 44.9 Å². The molecule has 208 valence electrons. The average molecular weight is 552 g/mol. The maximum absolute atomic E-state index is 13.8. The standard InChI is InChI=1S/C28H36F3N3O3S/c1-20(22-8-10-24(11-9-22)38(36)34-15-13-27(32,19-35)14-16-34)33-37-18-21-7-12-25(23-5-3-2-4-6-23)26(17-21)28(29,30)31/h7-12,17,23,35H,2-6,13-16,18-19,32H2,1H3/b33-20+. The third-order valence-corrected chi connectivity index (χ3v) is 9.15. The van der Waals surface area contributed by atoms with E-state index in [1.54, 1.807) is 43.3 Å². The van der Waals surface area contributed by atoms with Crippen molar-refractivity contribution in [1.29, 1.82) is 0 Å². The van der Waals surface area contributed by atoms with Crippen molar-refractivity contribution in [3.05, 3.63) is 64.7 Å². The number of piperidine rings is 1. The lowest BCUT2D eigenvalue weighted by atomic mass is 9.81. The van der Waals surface area contributed by atoms with Gasteiger partial charge in [-0.2, -0.15) is 13.2 Å². The van der Waals surface area contributed by atoms with Crippen molar-refractivity contribution in [1.82, 2.24) is 4.31 Å². The number of hydrogen-bond acceptors (Lipinski definition) is 6. The van der Waals surface area contributed by atoms with E-state index in [9.17, 15) is 22.8 Å². The third kappa shape index (κ3) is 7.09. The Morgan fingerprint density at radius 1 is 1.13 bits per heavy atom. The average Bonchev–Trinajstić information content (AvgIpc) is 2.93. The minimum atomic E-state index is -4.41. The fourth-order valence-corrected chi connectivity index (χ4v) is 6.36. The first-order valence-electron chi connectivity index (χ1n) is 13.1. The molecule has 3 N–H and O–H groups in total. The van der Waals surface area contributed by atoms with Crippen molar-refractivity contribution in [2.45, 2.75) is 81.0 Å². The Balaban J connectivity index is 1.36. The van der Waals surface area contributed by atoms with Gasteiger partial charge < -0.3 is 20.2 Å². The molecule has 10 heteroatoms. The number of nitrogens with two attached hydrogens (primary N) is 1. The van der Waals surface area contributed by atoms with E-state index in [0.29, 0.717) is 47.7 Å². The van der Waals surface area contributed by atoms with Gasteiger partial charge in [0.25, 0.3) is 0 Å². The second-order valence-electron chi connectivity index (χ2n) is 10.4. The highest BCUT2D eigenvalue weighted by molar-refractivity contribution is 7.89. The van der Waals surface area contributed by atoms with Gasteiger partial charge in [-0.15, -0.1) is 4.31 Å². The molecule has 0 bridgehead atoms. The quantitative estimate of drug-likeness (QED) is 0.257. The molecule has 0 radical (unpaired) electrons. The Morgan fingerprint density at radius 2 is 1.79 bits per heavy atom. The first kappa shape index (κ1) is 28.9. The van der Waals surface area contributed by atoms with Crippen molar-refractivity contribution in [3.8, 4) is 0 Å². The molecule has 0 amide bonds. The second kappa shape index (κ2) is 12.4. The van der Waals surface area contributed by atoms with Crippen LogP contribution in [0.3, 0.4) is 0 Å². The molecule has 6 nitrogen and oxygen atoms in total. The molecule has 2 fully saturated rings. The van der Waals surface area contributed by atoms with Gasteiger partial charge >= 0.3 is 6.18 Å². The summed E-state index contributed by atoms with van der Waals surface area (Å²) in [4.78, 5) is 6.06. The molecule has 1 atom stereocenters. The molecule has 1 heterocycles. The van der Waals surface area contributed by atoms with E-state index in [1.165, 1.54) is 6.07 Å². The Hall–Kier alpha value is -2.11. The zero-order valence-corrected chi connectivity index (χ0v) is 22.5. The summed E-state index contributed by atoms with van der Waals surface area (Å²) in [7, 11) is 0. The van der Waals surface area contributed by atoms with Gasteiger partial charge in [0.05, 0.1) is 29.2 Å². The number of hydrogen-bond donors (Lipinski definition) is 2. The molecule has 1 saturated carbocycles. The topological polar surface area (TPSA) is 94.1 Å². The summed E-state index contributed by atoms with van der Waals surface area (Å²) in [5.74, 6) is -0.0439. The number of halogens is 3. The lowest BCUT2D eigenvalue weighted by Gasteiger charge is -2.37. The van der Waals surface area contributed by atoms with Crippen LogP contribution in [-0.2, 0) is 29.0 Å². The lowest BCUT2D eigenvalue weighted by molar-refractivity contribution is -0.138. The van der Waals surface area contributed by atoms with Crippen LogP contribution in [0.25, 0.3) is 0 Å². The van der Waals surface area contributed by atoms with Crippen LogP contribution in [0.5, 0.6) is 0 Å². The van der Waals surface area contributed by atoms with Gasteiger partial charge in [-0.1, -0.05) is 36.6 Å². The fourth-order valence-electron chi connectivity index (χ4n) is 5.18. The monoisotopic (exact) mass is 551 g/mol. The molecule has 1 aliphatic heterocycles. The van der Waals surface area contributed by atoms with Crippen LogP contribution in [0, 0.1) is 0 Å². The van der Waals surface area contributed by atoms with Gasteiger partial charge in [-0.25, -0.2) is 0 Å². The Morgan fingerprint density at radius 3 is 2.39 bits per heavy atom. The number of aliphatic hydroxyl groups excluding tert-OH is 1. The minimum Gasteiger partial charge on any atom is -0.593 e. The number of nitrogens with zero attached hydrogens (tertiary/aromatic N) is 2. The van der Waals surface area contributed by atoms with Gasteiger partial charge in [-0.05, 0) is 85.5 Å². The van der Waals surface area contributed by atoms with Gasteiger partial charge in [0.2, 0.25) is 0 Å². The van der Waals surface area contributed by atoms with Crippen LogP contribution in [0.4, 0.5) is 13.2 Å². The molecule has 1 unspecified atom stereocenters. The summed E-state index contributed by atoms with van der Waals surface area (Å²) in [6, 6.07) is 11.6. The van der Waals surface area contributed by atoms with E-state index in [-0.39, 0.29) is 19.1 Å². The van der Waals surface area contributed by atoms with Crippen LogP contribution < -0.4 is 5.73 Å². The van der Waals surface area contributed by atoms with Crippen LogP contribution in [0.15, 0.2) is 52.5 Å². The van der Waals surface area contributed by atoms with Gasteiger partial charge in [0.15, 0.2) is 4.90 Å². The number of benzene rings is 2. The van der Waals surface area contributed by atoms with Gasteiger partial charge in [0, 0.05) is 18.6 Å². The molecule has 38 heavy (non-hydrogen) atoms. The number of aliphatic hydroxyl groups is 1. The second-order valence-corrected chi connectivity index (χ2v) is 11.9. The minimum absolute atomic E-state index is 0.0439. The summed E-state index contributed by atoms with van der Waals surface area (Å²) in [6.07, 6.45) is 1.35. The predicted octanol–water partition coefficient (Wildman–Crippen LogP) is 5.50. The van der Waals surface area contributed by atoms with E-state index >= 15 is 0 Å². The molecule has 1 aliphatic carbocycles. The maximum Gasteiger partial charge on any atom is 0.416 e. The molecule has 2 aliphatic rings. The highest BCUT2D eigenvalue weighted by Crippen LogP contribution is 2.41. The van der Waals surface area contributed by atoms with Crippen molar-refractivity contribution in [3.63, 3.8) is 0 Å². The molecule has 1 saturated heterocycles. The van der Waals surface area contributed by atoms with E-state index in [1.807, 2.05) is 4.31 Å². The molecule has 0 aromatic heterocycles. The van der Waals surface area contributed by atoms with E-state index in [2.05, 4.69) is 5.16 Å². The van der Waals surface area contributed by atoms with E-state index in [4.69, 9.17) is 10.6 Å². The summed E-state index contributed by atoms with van der Waals surface area (Å²) in [5, 5.41) is 13.5. The van der Waals surface area contributed by atoms with Crippen molar-refractivity contribution in [2.24, 2.45) is 10.9 Å². The third-order valence-electron chi connectivity index (χ3n) is 7.64.